The number of nitrogens with zero attached hydrogens (tertiary/aromatic N) is 2. The van der Waals surface area contributed by atoms with E-state index in [9.17, 15) is 9.18 Å². The van der Waals surface area contributed by atoms with Crippen molar-refractivity contribution in [2.75, 3.05) is 20.2 Å². The number of benzene rings is 2. The molecule has 1 amide bonds. The normalized spacial score (nSPS) is 14.1. The van der Waals surface area contributed by atoms with Crippen molar-refractivity contribution < 1.29 is 18.3 Å². The van der Waals surface area contributed by atoms with Gasteiger partial charge < -0.3 is 14.5 Å². The number of carbonyl (C=O) groups excluding carboxylic acids is 1. The Balaban J connectivity index is 1.33. The zero-order valence-electron chi connectivity index (χ0n) is 16.9. The fourth-order valence-corrected chi connectivity index (χ4v) is 3.56. The van der Waals surface area contributed by atoms with Gasteiger partial charge in [-0.2, -0.15) is 0 Å². The van der Waals surface area contributed by atoms with Crippen molar-refractivity contribution in [1.29, 1.82) is 0 Å². The number of oxazole rings is 1. The molecule has 1 N–H and O–H groups in total. The molecule has 6 nitrogen and oxygen atoms in total. The van der Waals surface area contributed by atoms with E-state index in [2.05, 4.69) is 27.3 Å². The van der Waals surface area contributed by atoms with E-state index in [1.54, 1.807) is 19.2 Å². The average molecular weight is 409 g/mol. The zero-order chi connectivity index (χ0) is 20.9. The molecule has 0 saturated heterocycles. The van der Waals surface area contributed by atoms with E-state index in [1.807, 2.05) is 12.1 Å². The first-order valence-corrected chi connectivity index (χ1v) is 9.97. The Morgan fingerprint density at radius 1 is 1.17 bits per heavy atom. The summed E-state index contributed by atoms with van der Waals surface area (Å²) in [4.78, 5) is 19.1. The van der Waals surface area contributed by atoms with Gasteiger partial charge in [-0.1, -0.05) is 24.3 Å². The summed E-state index contributed by atoms with van der Waals surface area (Å²) in [5.74, 6) is 0.968. The molecule has 4 rings (SSSR count). The summed E-state index contributed by atoms with van der Waals surface area (Å²) in [5.41, 5.74) is 2.74. The molecule has 1 aliphatic rings. The van der Waals surface area contributed by atoms with Crippen LogP contribution in [0.1, 0.15) is 33.3 Å². The third-order valence-electron chi connectivity index (χ3n) is 5.20. The number of hydrogen-bond acceptors (Lipinski definition) is 5. The molecular formula is C23H24FN3O3. The Morgan fingerprint density at radius 2 is 1.97 bits per heavy atom. The van der Waals surface area contributed by atoms with Crippen molar-refractivity contribution in [1.82, 2.24) is 15.2 Å². The van der Waals surface area contributed by atoms with Crippen molar-refractivity contribution in [2.45, 2.75) is 25.9 Å². The van der Waals surface area contributed by atoms with Crippen molar-refractivity contribution in [3.05, 3.63) is 82.8 Å². The molecule has 156 valence electrons. The first kappa shape index (κ1) is 20.1. The van der Waals surface area contributed by atoms with Crippen LogP contribution in [0, 0.1) is 5.82 Å². The van der Waals surface area contributed by atoms with Crippen LogP contribution in [0.2, 0.25) is 0 Å². The van der Waals surface area contributed by atoms with E-state index in [0.717, 1.165) is 43.3 Å². The van der Waals surface area contributed by atoms with Crippen molar-refractivity contribution in [3.63, 3.8) is 0 Å². The Morgan fingerprint density at radius 3 is 2.73 bits per heavy atom. The maximum Gasteiger partial charge on any atom is 0.307 e. The molecule has 0 atom stereocenters. The molecule has 0 fully saturated rings. The van der Waals surface area contributed by atoms with Crippen molar-refractivity contribution in [3.8, 4) is 5.75 Å². The smallest absolute Gasteiger partial charge is 0.307 e. The maximum absolute atomic E-state index is 13.3. The van der Waals surface area contributed by atoms with Gasteiger partial charge >= 0.3 is 5.91 Å². The first-order valence-electron chi connectivity index (χ1n) is 9.97. The molecule has 1 aliphatic heterocycles. The number of rotatable bonds is 6. The van der Waals surface area contributed by atoms with E-state index in [4.69, 9.17) is 9.15 Å². The van der Waals surface area contributed by atoms with Gasteiger partial charge in [0.1, 0.15) is 17.3 Å². The quantitative estimate of drug-likeness (QED) is 0.676. The van der Waals surface area contributed by atoms with Gasteiger partial charge in [0, 0.05) is 39.0 Å². The Bertz CT molecular complexity index is 991. The predicted octanol–water partition coefficient (Wildman–Crippen LogP) is 3.35. The molecule has 3 aromatic rings. The number of carbonyl (C=O) groups is 1. The molecule has 1 aromatic heterocycles. The lowest BCUT2D eigenvalue weighted by Gasteiger charge is -2.19. The van der Waals surface area contributed by atoms with Crippen LogP contribution in [0.4, 0.5) is 4.39 Å². The fourth-order valence-electron chi connectivity index (χ4n) is 3.56. The minimum Gasteiger partial charge on any atom is -0.497 e. The molecule has 0 spiro atoms. The monoisotopic (exact) mass is 409 g/mol. The van der Waals surface area contributed by atoms with Crippen LogP contribution in [0.5, 0.6) is 5.75 Å². The summed E-state index contributed by atoms with van der Waals surface area (Å²) in [6.45, 7) is 2.74. The summed E-state index contributed by atoms with van der Waals surface area (Å²) >= 11 is 0. The number of ether oxygens (including phenoxy) is 1. The Labute approximate surface area is 174 Å². The molecule has 0 bridgehead atoms. The molecule has 7 heteroatoms. The molecule has 2 aromatic carbocycles. The zero-order valence-corrected chi connectivity index (χ0v) is 16.9. The third-order valence-corrected chi connectivity index (χ3v) is 5.20. The van der Waals surface area contributed by atoms with Crippen LogP contribution >= 0.6 is 0 Å². The molecular weight excluding hydrogens is 385 g/mol. The number of hydrogen-bond donors (Lipinski definition) is 1. The van der Waals surface area contributed by atoms with Crippen LogP contribution < -0.4 is 10.1 Å². The molecule has 30 heavy (non-hydrogen) atoms. The average Bonchev–Trinajstić information content (AvgIpc) is 3.09. The molecule has 0 saturated carbocycles. The van der Waals surface area contributed by atoms with Gasteiger partial charge in [-0.05, 0) is 35.4 Å². The van der Waals surface area contributed by atoms with Crippen LogP contribution in [0.25, 0.3) is 0 Å². The van der Waals surface area contributed by atoms with Crippen molar-refractivity contribution >= 4 is 5.91 Å². The number of methoxy groups -OCH3 is 1. The standard InChI is InChI=1S/C23H24FN3O3/c1-29-19-7-5-16(6-8-19)15-27-11-9-20-21(10-12-27)30-23(26-20)22(28)25-14-17-3-2-4-18(24)13-17/h2-8,13H,9-12,14-15H2,1H3,(H,25,28). The third kappa shape index (κ3) is 4.86. The summed E-state index contributed by atoms with van der Waals surface area (Å²) in [6, 6.07) is 14.2. The summed E-state index contributed by atoms with van der Waals surface area (Å²) in [7, 11) is 1.66. The highest BCUT2D eigenvalue weighted by Gasteiger charge is 2.22. The molecule has 0 aliphatic carbocycles. The van der Waals surface area contributed by atoms with E-state index in [0.29, 0.717) is 12.0 Å². The highest BCUT2D eigenvalue weighted by molar-refractivity contribution is 5.89. The van der Waals surface area contributed by atoms with Gasteiger partial charge in [-0.15, -0.1) is 0 Å². The summed E-state index contributed by atoms with van der Waals surface area (Å²) < 4.78 is 24.2. The number of fused-ring (bicyclic) bond motifs is 1. The Hall–Kier alpha value is -3.19. The highest BCUT2D eigenvalue weighted by atomic mass is 19.1. The lowest BCUT2D eigenvalue weighted by atomic mass is 10.2. The topological polar surface area (TPSA) is 67.6 Å². The summed E-state index contributed by atoms with van der Waals surface area (Å²) in [6.07, 6.45) is 1.43. The van der Waals surface area contributed by atoms with Crippen LogP contribution in [0.3, 0.4) is 0 Å². The highest BCUT2D eigenvalue weighted by Crippen LogP contribution is 2.19. The van der Waals surface area contributed by atoms with Crippen LogP contribution in [0.15, 0.2) is 52.9 Å². The number of nitrogens with one attached hydrogen (secondary N) is 1. The van der Waals surface area contributed by atoms with E-state index < -0.39 is 0 Å². The predicted molar refractivity (Wildman–Crippen MR) is 110 cm³/mol. The van der Waals surface area contributed by atoms with Crippen molar-refractivity contribution in [2.24, 2.45) is 0 Å². The minimum absolute atomic E-state index is 0.0695. The number of amides is 1. The lowest BCUT2D eigenvalue weighted by molar-refractivity contribution is 0.0914. The molecule has 2 heterocycles. The van der Waals surface area contributed by atoms with Crippen LogP contribution in [-0.4, -0.2) is 36.0 Å². The largest absolute Gasteiger partial charge is 0.497 e. The van der Waals surface area contributed by atoms with Gasteiger partial charge in [0.15, 0.2) is 0 Å². The second kappa shape index (κ2) is 9.09. The number of aromatic nitrogens is 1. The second-order valence-corrected chi connectivity index (χ2v) is 7.33. The SMILES string of the molecule is COc1ccc(CN2CCc3nc(C(=O)NCc4cccc(F)c4)oc3CC2)cc1. The van der Waals surface area contributed by atoms with Gasteiger partial charge in [-0.3, -0.25) is 9.69 Å². The second-order valence-electron chi connectivity index (χ2n) is 7.33. The minimum atomic E-state index is -0.387. The maximum atomic E-state index is 13.3. The van der Waals surface area contributed by atoms with Crippen LogP contribution in [-0.2, 0) is 25.9 Å². The lowest BCUT2D eigenvalue weighted by Crippen LogP contribution is -2.26. The molecule has 0 radical (unpaired) electrons. The summed E-state index contributed by atoms with van der Waals surface area (Å²) in [5, 5.41) is 2.74. The number of halogens is 1. The Kier molecular flexibility index (Phi) is 6.09. The first-order chi connectivity index (χ1) is 14.6. The van der Waals surface area contributed by atoms with Gasteiger partial charge in [-0.25, -0.2) is 9.37 Å². The van der Waals surface area contributed by atoms with E-state index in [1.165, 1.54) is 17.7 Å². The van der Waals surface area contributed by atoms with E-state index >= 15 is 0 Å². The van der Waals surface area contributed by atoms with Gasteiger partial charge in [0.2, 0.25) is 0 Å². The molecule has 0 unspecified atom stereocenters. The fraction of sp³-hybridized carbons (Fsp3) is 0.304. The van der Waals surface area contributed by atoms with Gasteiger partial charge in [0.05, 0.1) is 12.8 Å². The van der Waals surface area contributed by atoms with Gasteiger partial charge in [0.25, 0.3) is 5.89 Å². The van der Waals surface area contributed by atoms with E-state index in [-0.39, 0.29) is 24.2 Å².